The van der Waals surface area contributed by atoms with Crippen LogP contribution in [0, 0.1) is 0 Å². The van der Waals surface area contributed by atoms with Gasteiger partial charge in [0.25, 0.3) is 0 Å². The molecule has 0 atom stereocenters. The van der Waals surface area contributed by atoms with E-state index in [4.69, 9.17) is 0 Å². The maximum atomic E-state index is 10.2. The Hall–Kier alpha value is -1.62. The molecule has 114 valence electrons. The maximum absolute atomic E-state index is 10.2. The highest BCUT2D eigenvalue weighted by Crippen LogP contribution is 2.25. The molecular weight excluding hydrogens is 297 g/mol. The number of benzene rings is 2. The minimum absolute atomic E-state index is 0.321. The molecule has 0 fully saturated rings. The highest BCUT2D eigenvalue weighted by molar-refractivity contribution is 7.81. The van der Waals surface area contributed by atoms with Crippen LogP contribution in [0.25, 0.3) is 16.3 Å². The molecule has 0 radical (unpaired) electrons. The number of thiol groups is 1. The van der Waals surface area contributed by atoms with Gasteiger partial charge in [0.15, 0.2) is 0 Å². The zero-order valence-electron chi connectivity index (χ0n) is 11.8. The van der Waals surface area contributed by atoms with Crippen molar-refractivity contribution in [2.45, 2.75) is 25.8 Å². The van der Waals surface area contributed by atoms with E-state index in [-0.39, 0.29) is 0 Å². The molecular formula is C16H17F3OS. The maximum Gasteiger partial charge on any atom is 0.438 e. The van der Waals surface area contributed by atoms with Gasteiger partial charge in [-0.3, -0.25) is 0 Å². The third-order valence-corrected chi connectivity index (χ3v) is 2.92. The second kappa shape index (κ2) is 7.41. The molecule has 0 saturated heterocycles. The van der Waals surface area contributed by atoms with Crippen molar-refractivity contribution in [3.63, 3.8) is 0 Å². The number of aromatic hydroxyl groups is 1. The number of halogens is 3. The summed E-state index contributed by atoms with van der Waals surface area (Å²) in [7, 11) is 0. The van der Waals surface area contributed by atoms with Gasteiger partial charge in [-0.05, 0) is 53.5 Å². The molecule has 0 heterocycles. The second-order valence-corrected chi connectivity index (χ2v) is 4.89. The molecule has 5 heteroatoms. The molecule has 2 rings (SSSR count). The summed E-state index contributed by atoms with van der Waals surface area (Å²) < 4.78 is 30.7. The average Bonchev–Trinajstić information content (AvgIpc) is 2.38. The summed E-state index contributed by atoms with van der Waals surface area (Å²) in [5, 5.41) is 11.6. The highest BCUT2D eigenvalue weighted by atomic mass is 32.1. The van der Waals surface area contributed by atoms with Gasteiger partial charge in [-0.1, -0.05) is 43.8 Å². The first-order valence-electron chi connectivity index (χ1n) is 6.42. The van der Waals surface area contributed by atoms with Gasteiger partial charge in [-0.15, -0.1) is 0 Å². The Kier molecular flexibility index (Phi) is 6.15. The zero-order chi connectivity index (χ0) is 16.0. The Morgan fingerprint density at radius 2 is 1.67 bits per heavy atom. The number of hydrogen-bond acceptors (Lipinski definition) is 2. The van der Waals surface area contributed by atoms with E-state index in [1.54, 1.807) is 12.1 Å². The quantitative estimate of drug-likeness (QED) is 0.672. The van der Waals surface area contributed by atoms with Gasteiger partial charge in [-0.2, -0.15) is 13.2 Å². The number of allylic oxidation sites excluding steroid dienone is 2. The van der Waals surface area contributed by atoms with Gasteiger partial charge in [0.05, 0.1) is 0 Å². The minimum atomic E-state index is -4.31. The van der Waals surface area contributed by atoms with Crippen LogP contribution in [-0.4, -0.2) is 10.6 Å². The topological polar surface area (TPSA) is 20.2 Å². The van der Waals surface area contributed by atoms with Crippen LogP contribution in [0.4, 0.5) is 13.2 Å². The van der Waals surface area contributed by atoms with Crippen molar-refractivity contribution in [1.82, 2.24) is 0 Å². The van der Waals surface area contributed by atoms with E-state index in [2.05, 4.69) is 50.8 Å². The first kappa shape index (κ1) is 17.4. The van der Waals surface area contributed by atoms with Gasteiger partial charge in [-0.25, -0.2) is 0 Å². The molecule has 0 aliphatic rings. The zero-order valence-corrected chi connectivity index (χ0v) is 12.7. The fourth-order valence-corrected chi connectivity index (χ4v) is 2.01. The van der Waals surface area contributed by atoms with Gasteiger partial charge in [0.1, 0.15) is 5.75 Å². The number of alkyl halides is 3. The number of phenolic OH excluding ortho intramolecular Hbond substituents is 1. The van der Waals surface area contributed by atoms with Crippen molar-refractivity contribution >= 4 is 29.0 Å². The lowest BCUT2D eigenvalue weighted by atomic mass is 9.99. The third kappa shape index (κ3) is 6.12. The fraction of sp³-hybridized carbons (Fsp3) is 0.250. The van der Waals surface area contributed by atoms with E-state index in [0.717, 1.165) is 11.8 Å². The third-order valence-electron chi connectivity index (χ3n) is 2.92. The van der Waals surface area contributed by atoms with Crippen molar-refractivity contribution in [3.8, 4) is 5.75 Å². The fourth-order valence-electron chi connectivity index (χ4n) is 2.01. The van der Waals surface area contributed by atoms with E-state index >= 15 is 0 Å². The summed E-state index contributed by atoms with van der Waals surface area (Å²) in [6, 6.07) is 11.8. The van der Waals surface area contributed by atoms with E-state index in [0.29, 0.717) is 5.75 Å². The standard InChI is InChI=1S/C15H16O.CHF3S/c1-3-11(4-2)12-5-6-14-10-15(16)8-7-13(14)9-12;2-1(3,4)5/h3,5-10,16H,4H2,1-2H3;5H/b11-3+;. The smallest absolute Gasteiger partial charge is 0.438 e. The van der Waals surface area contributed by atoms with Crippen molar-refractivity contribution in [2.75, 3.05) is 0 Å². The van der Waals surface area contributed by atoms with Crippen molar-refractivity contribution < 1.29 is 18.3 Å². The molecule has 0 spiro atoms. The van der Waals surface area contributed by atoms with Gasteiger partial charge in [0, 0.05) is 0 Å². The molecule has 21 heavy (non-hydrogen) atoms. The van der Waals surface area contributed by atoms with Gasteiger partial charge in [0.2, 0.25) is 0 Å². The monoisotopic (exact) mass is 314 g/mol. The summed E-state index contributed by atoms with van der Waals surface area (Å²) in [5.74, 6) is 0.321. The summed E-state index contributed by atoms with van der Waals surface area (Å²) in [5.41, 5.74) is -1.68. The molecule has 0 bridgehead atoms. The Morgan fingerprint density at radius 3 is 2.19 bits per heavy atom. The molecule has 0 amide bonds. The first-order chi connectivity index (χ1) is 9.74. The van der Waals surface area contributed by atoms with Crippen LogP contribution in [0.15, 0.2) is 42.5 Å². The van der Waals surface area contributed by atoms with E-state index < -0.39 is 5.51 Å². The number of rotatable bonds is 2. The normalized spacial score (nSPS) is 12.0. The Labute approximate surface area is 127 Å². The lowest BCUT2D eigenvalue weighted by molar-refractivity contribution is -0.0303. The van der Waals surface area contributed by atoms with Crippen molar-refractivity contribution in [2.24, 2.45) is 0 Å². The lowest BCUT2D eigenvalue weighted by Gasteiger charge is -2.06. The van der Waals surface area contributed by atoms with Gasteiger partial charge >= 0.3 is 5.51 Å². The molecule has 2 aromatic carbocycles. The van der Waals surface area contributed by atoms with Crippen molar-refractivity contribution in [1.29, 1.82) is 0 Å². The van der Waals surface area contributed by atoms with E-state index in [1.165, 1.54) is 16.5 Å². The molecule has 2 aromatic rings. The van der Waals surface area contributed by atoms with E-state index in [9.17, 15) is 18.3 Å². The second-order valence-electron chi connectivity index (χ2n) is 4.38. The Morgan fingerprint density at radius 1 is 1.14 bits per heavy atom. The Balaban J connectivity index is 0.000000383. The van der Waals surface area contributed by atoms with Gasteiger partial charge < -0.3 is 5.11 Å². The van der Waals surface area contributed by atoms with Crippen LogP contribution in [0.3, 0.4) is 0 Å². The number of fused-ring (bicyclic) bond motifs is 1. The van der Waals surface area contributed by atoms with Crippen LogP contribution >= 0.6 is 12.6 Å². The first-order valence-corrected chi connectivity index (χ1v) is 6.86. The summed E-state index contributed by atoms with van der Waals surface area (Å²) in [4.78, 5) is 0. The van der Waals surface area contributed by atoms with E-state index in [1.807, 2.05) is 6.07 Å². The number of hydrogen-bond donors (Lipinski definition) is 2. The van der Waals surface area contributed by atoms with Crippen LogP contribution in [0.5, 0.6) is 5.75 Å². The number of phenols is 1. The van der Waals surface area contributed by atoms with Crippen LogP contribution in [-0.2, 0) is 0 Å². The Bertz CT molecular complexity index is 627. The lowest BCUT2D eigenvalue weighted by Crippen LogP contribution is -1.89. The highest BCUT2D eigenvalue weighted by Gasteiger charge is 2.17. The largest absolute Gasteiger partial charge is 0.508 e. The van der Waals surface area contributed by atoms with Crippen LogP contribution < -0.4 is 0 Å². The van der Waals surface area contributed by atoms with Crippen LogP contribution in [0.2, 0.25) is 0 Å². The molecule has 0 aromatic heterocycles. The summed E-state index contributed by atoms with van der Waals surface area (Å²) >= 11 is 2.12. The summed E-state index contributed by atoms with van der Waals surface area (Å²) in [6.45, 7) is 4.23. The molecule has 1 N–H and O–H groups in total. The molecule has 0 unspecified atom stereocenters. The predicted molar refractivity (Wildman–Crippen MR) is 84.6 cm³/mol. The molecule has 0 aliphatic heterocycles. The molecule has 0 saturated carbocycles. The minimum Gasteiger partial charge on any atom is -0.508 e. The molecule has 1 nitrogen and oxygen atoms in total. The average molecular weight is 314 g/mol. The molecule has 0 aliphatic carbocycles. The summed E-state index contributed by atoms with van der Waals surface area (Å²) in [6.07, 6.45) is 3.20. The SMILES string of the molecule is C/C=C(\CC)c1ccc2cc(O)ccc2c1.FC(F)(F)S. The van der Waals surface area contributed by atoms with Crippen molar-refractivity contribution in [3.05, 3.63) is 48.0 Å². The predicted octanol–water partition coefficient (Wildman–Crippen LogP) is 5.79. The van der Waals surface area contributed by atoms with Crippen LogP contribution in [0.1, 0.15) is 25.8 Å².